The molecule has 0 saturated heterocycles. The minimum absolute atomic E-state index is 0.272. The lowest BCUT2D eigenvalue weighted by molar-refractivity contribution is 0.748. The molecule has 0 amide bonds. The van der Waals surface area contributed by atoms with Gasteiger partial charge in [-0.1, -0.05) is 43.3 Å². The number of hydrogen-bond donors (Lipinski definition) is 1. The molecule has 2 aromatic rings. The van der Waals surface area contributed by atoms with Crippen molar-refractivity contribution in [3.05, 3.63) is 65.2 Å². The van der Waals surface area contributed by atoms with Gasteiger partial charge in [0.25, 0.3) is 0 Å². The summed E-state index contributed by atoms with van der Waals surface area (Å²) < 4.78 is 0. The van der Waals surface area contributed by atoms with Crippen molar-refractivity contribution in [1.82, 2.24) is 0 Å². The van der Waals surface area contributed by atoms with Crippen LogP contribution < -0.4 is 5.32 Å². The molecule has 1 atom stereocenters. The van der Waals surface area contributed by atoms with Crippen LogP contribution in [0.5, 0.6) is 0 Å². The predicted molar refractivity (Wildman–Crippen MR) is 79.0 cm³/mol. The predicted octanol–water partition coefficient (Wildman–Crippen LogP) is 4.43. The van der Waals surface area contributed by atoms with Crippen molar-refractivity contribution in [2.24, 2.45) is 0 Å². The Labute approximate surface area is 114 Å². The molecule has 0 saturated carbocycles. The van der Waals surface area contributed by atoms with Crippen LogP contribution in [0.3, 0.4) is 0 Å². The highest BCUT2D eigenvalue weighted by atomic mass is 14.9. The number of rotatable bonds is 4. The summed E-state index contributed by atoms with van der Waals surface area (Å²) in [5, 5.41) is 12.5. The first-order valence-electron chi connectivity index (χ1n) is 6.57. The first-order chi connectivity index (χ1) is 9.24. The smallest absolute Gasteiger partial charge is 0.0992 e. The maximum Gasteiger partial charge on any atom is 0.0992 e. The summed E-state index contributed by atoms with van der Waals surface area (Å²) in [5.74, 6) is 0. The molecule has 0 radical (unpaired) electrons. The lowest BCUT2D eigenvalue weighted by atomic mass is 10.0. The summed E-state index contributed by atoms with van der Waals surface area (Å²) in [6, 6.07) is 18.6. The normalized spacial score (nSPS) is 11.6. The summed E-state index contributed by atoms with van der Waals surface area (Å²) in [6.07, 6.45) is 1.00. The van der Waals surface area contributed by atoms with Crippen LogP contribution in [-0.2, 0) is 0 Å². The number of hydrogen-bond acceptors (Lipinski definition) is 2. The van der Waals surface area contributed by atoms with Gasteiger partial charge in [-0.2, -0.15) is 5.26 Å². The van der Waals surface area contributed by atoms with Crippen LogP contribution in [-0.4, -0.2) is 0 Å². The van der Waals surface area contributed by atoms with Crippen molar-refractivity contribution in [3.63, 3.8) is 0 Å². The molecule has 2 aromatic carbocycles. The third-order valence-corrected chi connectivity index (χ3v) is 3.31. The second-order valence-electron chi connectivity index (χ2n) is 4.66. The third-order valence-electron chi connectivity index (χ3n) is 3.31. The summed E-state index contributed by atoms with van der Waals surface area (Å²) in [7, 11) is 0. The molecule has 0 aromatic heterocycles. The summed E-state index contributed by atoms with van der Waals surface area (Å²) in [4.78, 5) is 0. The average molecular weight is 250 g/mol. The molecule has 0 heterocycles. The van der Waals surface area contributed by atoms with E-state index < -0.39 is 0 Å². The van der Waals surface area contributed by atoms with Gasteiger partial charge in [-0.25, -0.2) is 0 Å². The number of nitrogens with zero attached hydrogens (tertiary/aromatic N) is 1. The molecule has 19 heavy (non-hydrogen) atoms. The molecule has 96 valence electrons. The second kappa shape index (κ2) is 6.06. The molecule has 1 N–H and O–H groups in total. The fourth-order valence-corrected chi connectivity index (χ4v) is 2.14. The Morgan fingerprint density at radius 3 is 2.53 bits per heavy atom. The van der Waals surface area contributed by atoms with E-state index in [-0.39, 0.29) is 6.04 Å². The van der Waals surface area contributed by atoms with Crippen LogP contribution in [0.1, 0.15) is 36.1 Å². The molecule has 1 unspecified atom stereocenters. The fraction of sp³-hybridized carbons (Fsp3) is 0.235. The molecule has 0 spiro atoms. The molecule has 0 aliphatic rings. The van der Waals surface area contributed by atoms with E-state index >= 15 is 0 Å². The van der Waals surface area contributed by atoms with Gasteiger partial charge in [-0.3, -0.25) is 0 Å². The maximum absolute atomic E-state index is 8.98. The minimum Gasteiger partial charge on any atom is -0.378 e. The summed E-state index contributed by atoms with van der Waals surface area (Å²) >= 11 is 0. The van der Waals surface area contributed by atoms with Gasteiger partial charge < -0.3 is 5.32 Å². The zero-order valence-corrected chi connectivity index (χ0v) is 11.4. The van der Waals surface area contributed by atoms with Crippen molar-refractivity contribution < 1.29 is 0 Å². The van der Waals surface area contributed by atoms with Gasteiger partial charge in [-0.15, -0.1) is 0 Å². The first-order valence-corrected chi connectivity index (χ1v) is 6.57. The molecule has 0 aliphatic carbocycles. The number of anilines is 1. The number of nitriles is 1. The zero-order valence-electron chi connectivity index (χ0n) is 11.4. The van der Waals surface area contributed by atoms with Gasteiger partial charge in [0.1, 0.15) is 0 Å². The largest absolute Gasteiger partial charge is 0.378 e. The van der Waals surface area contributed by atoms with E-state index in [1.54, 1.807) is 0 Å². The Hall–Kier alpha value is -2.27. The number of aryl methyl sites for hydroxylation is 1. The van der Waals surface area contributed by atoms with Gasteiger partial charge in [0.2, 0.25) is 0 Å². The molecule has 0 fully saturated rings. The van der Waals surface area contributed by atoms with E-state index in [0.717, 1.165) is 17.7 Å². The highest BCUT2D eigenvalue weighted by molar-refractivity contribution is 5.56. The van der Waals surface area contributed by atoms with Crippen molar-refractivity contribution in [2.45, 2.75) is 26.3 Å². The van der Waals surface area contributed by atoms with Crippen LogP contribution in [0.2, 0.25) is 0 Å². The van der Waals surface area contributed by atoms with Crippen molar-refractivity contribution in [1.29, 1.82) is 5.26 Å². The van der Waals surface area contributed by atoms with E-state index in [9.17, 15) is 0 Å². The lowest BCUT2D eigenvalue weighted by Gasteiger charge is -2.20. The molecule has 2 heteroatoms. The van der Waals surface area contributed by atoms with Gasteiger partial charge in [-0.05, 0) is 36.6 Å². The molecule has 0 aliphatic heterocycles. The Balaban J connectivity index is 2.26. The van der Waals surface area contributed by atoms with E-state index in [0.29, 0.717) is 5.56 Å². The van der Waals surface area contributed by atoms with E-state index in [1.165, 1.54) is 5.56 Å². The molecular weight excluding hydrogens is 232 g/mol. The van der Waals surface area contributed by atoms with Gasteiger partial charge in [0.15, 0.2) is 0 Å². The van der Waals surface area contributed by atoms with Crippen molar-refractivity contribution >= 4 is 5.69 Å². The minimum atomic E-state index is 0.272. The highest BCUT2D eigenvalue weighted by Gasteiger charge is 2.10. The van der Waals surface area contributed by atoms with E-state index in [2.05, 4.69) is 49.5 Å². The lowest BCUT2D eigenvalue weighted by Crippen LogP contribution is -2.10. The van der Waals surface area contributed by atoms with Crippen LogP contribution in [0.4, 0.5) is 5.69 Å². The van der Waals surface area contributed by atoms with Crippen LogP contribution in [0.15, 0.2) is 48.5 Å². The van der Waals surface area contributed by atoms with E-state index in [4.69, 9.17) is 5.26 Å². The Morgan fingerprint density at radius 2 is 1.89 bits per heavy atom. The Bertz CT molecular complexity index is 582. The quantitative estimate of drug-likeness (QED) is 0.871. The Morgan fingerprint density at radius 1 is 1.16 bits per heavy atom. The number of nitrogens with one attached hydrogen (secondary N) is 1. The third kappa shape index (κ3) is 3.14. The van der Waals surface area contributed by atoms with Gasteiger partial charge >= 0.3 is 0 Å². The zero-order chi connectivity index (χ0) is 13.7. The topological polar surface area (TPSA) is 35.8 Å². The second-order valence-corrected chi connectivity index (χ2v) is 4.66. The van der Waals surface area contributed by atoms with Crippen LogP contribution in [0, 0.1) is 18.3 Å². The standard InChI is InChI=1S/C17H18N2/c1-3-16(15-7-5-4-6-8-15)19-17-11-14(12-18)10-9-13(17)2/h4-11,16,19H,3H2,1-2H3. The fourth-order valence-electron chi connectivity index (χ4n) is 2.14. The van der Waals surface area contributed by atoms with Crippen LogP contribution >= 0.6 is 0 Å². The highest BCUT2D eigenvalue weighted by Crippen LogP contribution is 2.25. The molecule has 0 bridgehead atoms. The van der Waals surface area contributed by atoms with Crippen molar-refractivity contribution in [2.75, 3.05) is 5.32 Å². The SMILES string of the molecule is CCC(Nc1cc(C#N)ccc1C)c1ccccc1. The Kier molecular flexibility index (Phi) is 4.20. The average Bonchev–Trinajstić information content (AvgIpc) is 2.47. The van der Waals surface area contributed by atoms with E-state index in [1.807, 2.05) is 24.3 Å². The maximum atomic E-state index is 8.98. The summed E-state index contributed by atoms with van der Waals surface area (Å²) in [6.45, 7) is 4.22. The van der Waals surface area contributed by atoms with Gasteiger partial charge in [0.05, 0.1) is 17.7 Å². The van der Waals surface area contributed by atoms with Crippen molar-refractivity contribution in [3.8, 4) is 6.07 Å². The first kappa shape index (κ1) is 13.2. The summed E-state index contributed by atoms with van der Waals surface area (Å²) in [5.41, 5.74) is 4.16. The van der Waals surface area contributed by atoms with Gasteiger partial charge in [0, 0.05) is 5.69 Å². The van der Waals surface area contributed by atoms with Crippen LogP contribution in [0.25, 0.3) is 0 Å². The monoisotopic (exact) mass is 250 g/mol. The molecule has 2 nitrogen and oxygen atoms in total. The number of benzene rings is 2. The molecule has 2 rings (SSSR count). The molecular formula is C17H18N2.